The minimum atomic E-state index is 0.612. The summed E-state index contributed by atoms with van der Waals surface area (Å²) in [5.41, 5.74) is 0. The van der Waals surface area contributed by atoms with E-state index in [4.69, 9.17) is 0 Å². The fraction of sp³-hybridized carbons (Fsp3) is 0. The fourth-order valence-corrected chi connectivity index (χ4v) is 6.53. The van der Waals surface area contributed by atoms with Crippen molar-refractivity contribution in [3.63, 3.8) is 0 Å². The van der Waals surface area contributed by atoms with E-state index in [0.717, 1.165) is 0 Å². The zero-order valence-corrected chi connectivity index (χ0v) is 17.9. The maximum absolute atomic E-state index is 2.40. The van der Waals surface area contributed by atoms with Gasteiger partial charge in [0.2, 0.25) is 0 Å². The molecule has 7 rings (SSSR count). The molecule has 0 aromatic heterocycles. The Morgan fingerprint density at radius 1 is 0.355 bits per heavy atom. The highest BCUT2D eigenvalue weighted by Crippen LogP contribution is 2.33. The van der Waals surface area contributed by atoms with E-state index in [2.05, 4.69) is 109 Å². The molecule has 1 heteroatoms. The lowest BCUT2D eigenvalue weighted by Gasteiger charge is -2.15. The van der Waals surface area contributed by atoms with Crippen LogP contribution in [0.4, 0.5) is 0 Å². The third-order valence-electron chi connectivity index (χ3n) is 6.57. The van der Waals surface area contributed by atoms with E-state index in [0.29, 0.717) is 9.52 Å². The van der Waals surface area contributed by atoms with Crippen LogP contribution in [-0.2, 0) is 0 Å². The van der Waals surface area contributed by atoms with Crippen molar-refractivity contribution in [2.75, 3.05) is 0 Å². The first-order valence-corrected chi connectivity index (χ1v) is 11.7. The summed E-state index contributed by atoms with van der Waals surface area (Å²) in [6, 6.07) is 40.4. The summed E-state index contributed by atoms with van der Waals surface area (Å²) >= 11 is 0. The van der Waals surface area contributed by atoms with Gasteiger partial charge >= 0.3 is 0 Å². The lowest BCUT2D eigenvalue weighted by atomic mass is 9.94. The first-order chi connectivity index (χ1) is 15.4. The zero-order valence-electron chi connectivity index (χ0n) is 16.9. The third-order valence-corrected chi connectivity index (χ3v) is 7.95. The smallest absolute Gasteiger partial charge is 0.0619 e. The van der Waals surface area contributed by atoms with E-state index in [1.165, 1.54) is 64.2 Å². The van der Waals surface area contributed by atoms with E-state index in [1.807, 2.05) is 0 Å². The second-order valence-corrected chi connectivity index (χ2v) is 9.61. The van der Waals surface area contributed by atoms with Gasteiger partial charge in [0.05, 0.1) is 0 Å². The lowest BCUT2D eigenvalue weighted by Crippen LogP contribution is -2.28. The molecule has 0 N–H and O–H groups in total. The number of benzene rings is 7. The Morgan fingerprint density at radius 3 is 1.81 bits per heavy atom. The normalized spacial score (nSPS) is 12.0. The molecule has 0 nitrogen and oxygen atoms in total. The van der Waals surface area contributed by atoms with Crippen LogP contribution >= 0.6 is 0 Å². The Hall–Kier alpha value is -3.68. The van der Waals surface area contributed by atoms with Gasteiger partial charge in [0, 0.05) is 0 Å². The van der Waals surface area contributed by atoms with Crippen LogP contribution < -0.4 is 10.4 Å². The number of rotatable bonds is 2. The molecule has 0 fully saturated rings. The third kappa shape index (κ3) is 2.47. The standard InChI is InChI=1S/C30H18Si/c1-2-9-23-22(6-1)18-28(25-11-4-3-10-24(23)25)31-27-17-15-21-13-12-19-7-5-8-20-14-16-26(27)30(21)29(19)20/h1-18H. The molecule has 31 heavy (non-hydrogen) atoms. The van der Waals surface area contributed by atoms with Crippen LogP contribution in [0, 0.1) is 0 Å². The Bertz CT molecular complexity index is 1740. The maximum Gasteiger partial charge on any atom is 0.123 e. The summed E-state index contributed by atoms with van der Waals surface area (Å²) in [5.74, 6) is 0. The van der Waals surface area contributed by atoms with Crippen LogP contribution in [0.2, 0.25) is 0 Å². The molecule has 2 radical (unpaired) electrons. The highest BCUT2D eigenvalue weighted by atomic mass is 28.2. The molecule has 0 aliphatic carbocycles. The predicted octanol–water partition coefficient (Wildman–Crippen LogP) is 6.55. The minimum Gasteiger partial charge on any atom is -0.0619 e. The van der Waals surface area contributed by atoms with Crippen LogP contribution in [0.1, 0.15) is 0 Å². The molecule has 0 bridgehead atoms. The molecule has 7 aromatic carbocycles. The maximum atomic E-state index is 2.40. The van der Waals surface area contributed by atoms with Crippen molar-refractivity contribution in [3.8, 4) is 0 Å². The van der Waals surface area contributed by atoms with Gasteiger partial charge in [-0.3, -0.25) is 0 Å². The number of fused-ring (bicyclic) bond motifs is 3. The summed E-state index contributed by atoms with van der Waals surface area (Å²) in [4.78, 5) is 0. The van der Waals surface area contributed by atoms with Gasteiger partial charge in [-0.2, -0.15) is 0 Å². The first-order valence-electron chi connectivity index (χ1n) is 10.7. The van der Waals surface area contributed by atoms with Crippen molar-refractivity contribution in [1.29, 1.82) is 0 Å². The molecule has 0 aliphatic heterocycles. The summed E-state index contributed by atoms with van der Waals surface area (Å²) in [6.07, 6.45) is 0. The van der Waals surface area contributed by atoms with Crippen LogP contribution in [-0.4, -0.2) is 9.52 Å². The van der Waals surface area contributed by atoms with Crippen LogP contribution in [0.15, 0.2) is 109 Å². The van der Waals surface area contributed by atoms with Crippen molar-refractivity contribution in [1.82, 2.24) is 0 Å². The molecule has 0 saturated heterocycles. The second kappa shape index (κ2) is 6.41. The Kier molecular flexibility index (Phi) is 3.52. The SMILES string of the molecule is c1ccc2c(c1)cc([Si]c1ccc3ccc4cccc5ccc1c3c45)c1ccccc12. The van der Waals surface area contributed by atoms with Gasteiger partial charge < -0.3 is 0 Å². The fourth-order valence-electron chi connectivity index (χ4n) is 5.15. The molecule has 0 aliphatic rings. The monoisotopic (exact) mass is 406 g/mol. The van der Waals surface area contributed by atoms with Crippen LogP contribution in [0.3, 0.4) is 0 Å². The van der Waals surface area contributed by atoms with Gasteiger partial charge in [0.1, 0.15) is 9.52 Å². The summed E-state index contributed by atoms with van der Waals surface area (Å²) in [7, 11) is 0.612. The van der Waals surface area contributed by atoms with Gasteiger partial charge in [-0.05, 0) is 59.0 Å². The van der Waals surface area contributed by atoms with Gasteiger partial charge in [-0.25, -0.2) is 0 Å². The second-order valence-electron chi connectivity index (χ2n) is 8.29. The quantitative estimate of drug-likeness (QED) is 0.226. The molecule has 0 atom stereocenters. The topological polar surface area (TPSA) is 0 Å². The van der Waals surface area contributed by atoms with Crippen molar-refractivity contribution in [2.24, 2.45) is 0 Å². The Balaban J connectivity index is 1.52. The zero-order chi connectivity index (χ0) is 20.4. The largest absolute Gasteiger partial charge is 0.123 e. The average molecular weight is 407 g/mol. The average Bonchev–Trinajstić information content (AvgIpc) is 2.83. The summed E-state index contributed by atoms with van der Waals surface area (Å²) in [6.45, 7) is 0. The molecule has 0 saturated carbocycles. The molecule has 0 spiro atoms. The van der Waals surface area contributed by atoms with E-state index in [9.17, 15) is 0 Å². The summed E-state index contributed by atoms with van der Waals surface area (Å²) in [5, 5.41) is 16.4. The molecule has 0 amide bonds. The Morgan fingerprint density at radius 2 is 0.968 bits per heavy atom. The summed E-state index contributed by atoms with van der Waals surface area (Å²) < 4.78 is 0. The van der Waals surface area contributed by atoms with Gasteiger partial charge in [0.25, 0.3) is 0 Å². The minimum absolute atomic E-state index is 0.612. The first kappa shape index (κ1) is 17.0. The molecule has 7 aromatic rings. The number of hydrogen-bond donors (Lipinski definition) is 0. The van der Waals surface area contributed by atoms with E-state index < -0.39 is 0 Å². The van der Waals surface area contributed by atoms with Crippen LogP contribution in [0.5, 0.6) is 0 Å². The van der Waals surface area contributed by atoms with Crippen molar-refractivity contribution in [3.05, 3.63) is 109 Å². The number of hydrogen-bond acceptors (Lipinski definition) is 0. The van der Waals surface area contributed by atoms with Crippen molar-refractivity contribution < 1.29 is 0 Å². The molecular formula is C30H18Si. The molecular weight excluding hydrogens is 388 g/mol. The van der Waals surface area contributed by atoms with E-state index in [1.54, 1.807) is 0 Å². The van der Waals surface area contributed by atoms with Crippen molar-refractivity contribution in [2.45, 2.75) is 0 Å². The predicted molar refractivity (Wildman–Crippen MR) is 137 cm³/mol. The van der Waals surface area contributed by atoms with Gasteiger partial charge in [-0.15, -0.1) is 0 Å². The van der Waals surface area contributed by atoms with Crippen LogP contribution in [0.25, 0.3) is 53.9 Å². The van der Waals surface area contributed by atoms with Crippen molar-refractivity contribution >= 4 is 73.8 Å². The molecule has 0 unspecified atom stereocenters. The van der Waals surface area contributed by atoms with Gasteiger partial charge in [0.15, 0.2) is 0 Å². The Labute approximate surface area is 182 Å². The van der Waals surface area contributed by atoms with E-state index in [-0.39, 0.29) is 0 Å². The highest BCUT2D eigenvalue weighted by Gasteiger charge is 2.13. The molecule has 142 valence electrons. The van der Waals surface area contributed by atoms with E-state index >= 15 is 0 Å². The molecule has 0 heterocycles. The highest BCUT2D eigenvalue weighted by molar-refractivity contribution is 6.72. The van der Waals surface area contributed by atoms with Gasteiger partial charge in [-0.1, -0.05) is 114 Å². The lowest BCUT2D eigenvalue weighted by molar-refractivity contribution is 1.78.